The summed E-state index contributed by atoms with van der Waals surface area (Å²) in [4.78, 5) is 75.6. The van der Waals surface area contributed by atoms with Gasteiger partial charge >= 0.3 is 0 Å². The molecule has 18 heteroatoms. The monoisotopic (exact) mass is 1670 g/mol. The van der Waals surface area contributed by atoms with Crippen molar-refractivity contribution in [2.75, 3.05) is 133 Å². The second-order valence-corrected chi connectivity index (χ2v) is 35.3. The van der Waals surface area contributed by atoms with E-state index in [9.17, 15) is 14.0 Å². The van der Waals surface area contributed by atoms with Gasteiger partial charge in [-0.15, -0.1) is 0 Å². The van der Waals surface area contributed by atoms with Crippen molar-refractivity contribution in [2.24, 2.45) is 0 Å². The van der Waals surface area contributed by atoms with E-state index >= 15 is 0 Å². The molecule has 4 fully saturated rings. The van der Waals surface area contributed by atoms with Gasteiger partial charge in [0.15, 0.2) is 11.6 Å². The van der Waals surface area contributed by atoms with Crippen molar-refractivity contribution in [3.05, 3.63) is 361 Å². The highest BCUT2D eigenvalue weighted by molar-refractivity contribution is 5.98. The summed E-state index contributed by atoms with van der Waals surface area (Å²) in [7, 11) is 8.77. The maximum atomic E-state index is 14.0. The van der Waals surface area contributed by atoms with Gasteiger partial charge < -0.3 is 19.6 Å². The van der Waals surface area contributed by atoms with E-state index in [4.69, 9.17) is 19.9 Å². The second-order valence-electron chi connectivity index (χ2n) is 35.3. The maximum absolute atomic E-state index is 14.0. The van der Waals surface area contributed by atoms with Crippen LogP contribution in [0.5, 0.6) is 0 Å². The molecule has 0 saturated carbocycles. The summed E-state index contributed by atoms with van der Waals surface area (Å²) in [6, 6.07) is 59.5. The summed E-state index contributed by atoms with van der Waals surface area (Å²) in [5.41, 5.74) is 35.7. The molecule has 640 valence electrons. The SMILES string of the molecule is CC(=O)c1cc(C2=CCc3ncc(-c4ccc(CN5CCN(C)CC5)cc4)cc32)ccc1F.CC(=O)c1cccc(C2=CCc3ncc(-c4ccc(CN5CCN(C)CC5)cc4)cc32)c1.Cc1cc(C2=CCc3ncc(-c4ccc(CN5CCN(C)CC5)cc4)cc32)cnc1C.Cc1ncc(C2=CCc3ncc(-c4ccc(CN5CCN(C)CC5)cc4)cc32)cn1. The highest BCUT2D eigenvalue weighted by Gasteiger charge is 2.27. The van der Waals surface area contributed by atoms with Crippen LogP contribution in [0.3, 0.4) is 0 Å². The molecule has 6 aromatic carbocycles. The van der Waals surface area contributed by atoms with E-state index in [1.165, 1.54) is 102 Å². The molecule has 4 saturated heterocycles. The maximum Gasteiger partial charge on any atom is 0.162 e. The fourth-order valence-corrected chi connectivity index (χ4v) is 18.0. The van der Waals surface area contributed by atoms with Gasteiger partial charge in [0.05, 0.1) is 28.3 Å². The quantitative estimate of drug-likeness (QED) is 0.0749. The van der Waals surface area contributed by atoms with E-state index in [2.05, 4.69) is 254 Å². The zero-order chi connectivity index (χ0) is 86.9. The van der Waals surface area contributed by atoms with Crippen molar-refractivity contribution < 1.29 is 14.0 Å². The van der Waals surface area contributed by atoms with E-state index in [1.54, 1.807) is 19.1 Å². The van der Waals surface area contributed by atoms with Crippen LogP contribution in [0.15, 0.2) is 238 Å². The second kappa shape index (κ2) is 39.3. The third kappa shape index (κ3) is 20.8. The number of hydrogen-bond acceptors (Lipinski definition) is 17. The Balaban J connectivity index is 0.000000119. The normalized spacial score (nSPS) is 16.8. The van der Waals surface area contributed by atoms with Gasteiger partial charge in [0, 0.05) is 267 Å². The van der Waals surface area contributed by atoms with Crippen LogP contribution in [0.1, 0.15) is 141 Å². The summed E-state index contributed by atoms with van der Waals surface area (Å²) < 4.78 is 14.0. The molecule has 20 rings (SSSR count). The highest BCUT2D eigenvalue weighted by atomic mass is 19.1. The highest BCUT2D eigenvalue weighted by Crippen LogP contribution is 2.40. The lowest BCUT2D eigenvalue weighted by Gasteiger charge is -2.32. The number of allylic oxidation sites excluding steroid dienone is 4. The smallest absolute Gasteiger partial charge is 0.162 e. The number of nitrogens with zero attached hydrogens (tertiary/aromatic N) is 15. The summed E-state index contributed by atoms with van der Waals surface area (Å²) >= 11 is 0. The molecule has 8 aliphatic rings. The Labute approximate surface area is 742 Å². The van der Waals surface area contributed by atoms with Gasteiger partial charge in [-0.1, -0.05) is 146 Å². The van der Waals surface area contributed by atoms with E-state index in [-0.39, 0.29) is 17.1 Å². The summed E-state index contributed by atoms with van der Waals surface area (Å²) in [6.45, 7) is 31.4. The van der Waals surface area contributed by atoms with Crippen LogP contribution in [0.2, 0.25) is 0 Å². The first-order chi connectivity index (χ1) is 61.3. The fraction of sp³-hybridized carbons (Fsp3) is 0.306. The van der Waals surface area contributed by atoms with E-state index < -0.39 is 5.82 Å². The Morgan fingerprint density at radius 1 is 0.302 bits per heavy atom. The number of aromatic nitrogens is 7. The zero-order valence-electron chi connectivity index (χ0n) is 74.4. The van der Waals surface area contributed by atoms with E-state index in [0.717, 1.165) is 247 Å². The first-order valence-corrected chi connectivity index (χ1v) is 44.7. The molecule has 0 N–H and O–H groups in total. The summed E-state index contributed by atoms with van der Waals surface area (Å²) in [5.74, 6) is 0.139. The Morgan fingerprint density at radius 2 is 0.603 bits per heavy atom. The topological polar surface area (TPSA) is 150 Å². The van der Waals surface area contributed by atoms with Crippen molar-refractivity contribution in [1.82, 2.24) is 74.1 Å². The standard InChI is InChI=1S/C28H28FN3O.C28H29N3O.C27H30N4.C25H27N5/c1-19(33)25-15-22(7-9-27(25)29)24-8-10-28-26(24)16-23(17-30-28)21-5-3-20(4-6-21)18-32-13-11-31(2)12-14-32;1-20(32)23-4-3-5-24(16-23)26-10-11-28-27(26)17-25(18-29-28)22-8-6-21(7-9-22)19-31-14-12-30(2)13-15-31;1-19-14-24(17-28-20(19)2)25-8-9-27-26(25)15-23(16-29-27)22-6-4-21(5-7-22)18-31-12-10-30(3)11-13-31;1-18-26-15-22(16-27-18)23-7-8-25-24(23)13-21(14-28-25)20-5-3-19(4-6-20)17-30-11-9-29(2)10-12-30/h3-9,15-17H,10-14,18H2,1-2H3;3-10,16-18H,11-15,19H2,1-2H3;4-8,14-17H,9-13,18H2,1-3H3;3-7,13-16H,8-12,17H2,1-2H3. The lowest BCUT2D eigenvalue weighted by atomic mass is 9.95. The third-order valence-electron chi connectivity index (χ3n) is 26.2. The average Bonchev–Trinajstić information content (AvgIpc) is 1.64. The molecule has 0 radical (unpaired) electrons. The van der Waals surface area contributed by atoms with Crippen LogP contribution in [0.25, 0.3) is 66.8 Å². The van der Waals surface area contributed by atoms with Crippen LogP contribution < -0.4 is 0 Å². The van der Waals surface area contributed by atoms with E-state index in [0.29, 0.717) is 0 Å². The van der Waals surface area contributed by atoms with Gasteiger partial charge in [0.25, 0.3) is 0 Å². The number of ketones is 2. The number of halogens is 1. The Hall–Kier alpha value is -11.9. The fourth-order valence-electron chi connectivity index (χ4n) is 18.0. The summed E-state index contributed by atoms with van der Waals surface area (Å²) in [5, 5.41) is 0. The number of rotatable bonds is 18. The van der Waals surface area contributed by atoms with Crippen LogP contribution in [-0.2, 0) is 51.9 Å². The number of carbonyl (C=O) groups is 2. The Morgan fingerprint density at radius 3 is 0.929 bits per heavy atom. The average molecular weight is 1670 g/mol. The van der Waals surface area contributed by atoms with Crippen molar-refractivity contribution in [3.63, 3.8) is 0 Å². The Kier molecular flexibility index (Phi) is 26.9. The molecule has 12 aromatic rings. The number of piperazine rings is 4. The number of Topliss-reactive ketones (excluding diaryl/α,β-unsaturated/α-hetero) is 2. The lowest BCUT2D eigenvalue weighted by molar-refractivity contribution is 0.100. The minimum Gasteiger partial charge on any atom is -0.304 e. The molecular formula is C108H114FN15O2. The zero-order valence-corrected chi connectivity index (χ0v) is 74.4. The molecule has 6 aromatic heterocycles. The van der Waals surface area contributed by atoms with Crippen LogP contribution in [0, 0.1) is 26.6 Å². The molecule has 0 atom stereocenters. The van der Waals surface area contributed by atoms with Gasteiger partial charge in [-0.05, 0) is 195 Å². The van der Waals surface area contributed by atoms with Gasteiger partial charge in [-0.2, -0.15) is 0 Å². The molecule has 0 unspecified atom stereocenters. The number of aryl methyl sites for hydroxylation is 3. The van der Waals surface area contributed by atoms with E-state index in [1.807, 2.05) is 68.5 Å². The van der Waals surface area contributed by atoms with Crippen molar-refractivity contribution in [2.45, 2.75) is 86.5 Å². The minimum atomic E-state index is -0.478. The number of hydrogen-bond donors (Lipinski definition) is 0. The molecule has 10 heterocycles. The van der Waals surface area contributed by atoms with Crippen molar-refractivity contribution in [3.8, 4) is 44.5 Å². The van der Waals surface area contributed by atoms with Crippen molar-refractivity contribution in [1.29, 1.82) is 0 Å². The minimum absolute atomic E-state index is 0.0919. The number of carbonyl (C=O) groups excluding carboxylic acids is 2. The van der Waals surface area contributed by atoms with Gasteiger partial charge in [0.2, 0.25) is 0 Å². The van der Waals surface area contributed by atoms with Gasteiger partial charge in [0.1, 0.15) is 11.6 Å². The predicted molar refractivity (Wildman–Crippen MR) is 506 cm³/mol. The first-order valence-electron chi connectivity index (χ1n) is 44.7. The number of likely N-dealkylation sites (N-methyl/N-ethyl adjacent to an activating group) is 4. The third-order valence-corrected chi connectivity index (χ3v) is 26.2. The molecule has 0 spiro atoms. The molecule has 4 aliphatic heterocycles. The molecule has 0 amide bonds. The number of pyridine rings is 5. The first kappa shape index (κ1) is 86.2. The molecule has 4 aliphatic carbocycles. The predicted octanol–water partition coefficient (Wildman–Crippen LogP) is 17.6. The molecule has 126 heavy (non-hydrogen) atoms. The number of benzene rings is 6. The van der Waals surface area contributed by atoms with Crippen LogP contribution >= 0.6 is 0 Å². The van der Waals surface area contributed by atoms with Gasteiger partial charge in [-0.3, -0.25) is 54.1 Å². The van der Waals surface area contributed by atoms with Crippen LogP contribution in [0.4, 0.5) is 4.39 Å². The lowest BCUT2D eigenvalue weighted by Crippen LogP contribution is -2.43. The van der Waals surface area contributed by atoms with Gasteiger partial charge in [-0.25, -0.2) is 14.4 Å². The van der Waals surface area contributed by atoms with Crippen molar-refractivity contribution >= 4 is 33.9 Å². The molecular weight excluding hydrogens is 1560 g/mol. The largest absolute Gasteiger partial charge is 0.304 e. The summed E-state index contributed by atoms with van der Waals surface area (Å²) in [6.07, 6.45) is 25.9. The van der Waals surface area contributed by atoms with Crippen LogP contribution in [-0.4, -0.2) is 219 Å². The molecule has 17 nitrogen and oxygen atoms in total. The number of fused-ring (bicyclic) bond motifs is 4. The Bertz CT molecular complexity index is 6070. The molecule has 0 bridgehead atoms.